The molecule has 12 nitrogen and oxygen atoms in total. The zero-order chi connectivity index (χ0) is 22.3. The van der Waals surface area contributed by atoms with Crippen LogP contribution in [-0.4, -0.2) is 65.3 Å². The summed E-state index contributed by atoms with van der Waals surface area (Å²) in [6.07, 6.45) is 1.96. The predicted octanol–water partition coefficient (Wildman–Crippen LogP) is -1.53. The van der Waals surface area contributed by atoms with Crippen LogP contribution in [0.15, 0.2) is 23.9 Å². The molecule has 2 unspecified atom stereocenters. The van der Waals surface area contributed by atoms with Crippen molar-refractivity contribution in [3.05, 3.63) is 35.2 Å². The molecule has 13 heteroatoms. The molecule has 2 aliphatic heterocycles. The van der Waals surface area contributed by atoms with E-state index in [1.807, 2.05) is 0 Å². The molecule has 1 aromatic rings. The Morgan fingerprint density at radius 2 is 2.17 bits per heavy atom. The third-order valence-corrected chi connectivity index (χ3v) is 7.86. The van der Waals surface area contributed by atoms with Crippen molar-refractivity contribution in [2.24, 2.45) is 11.5 Å². The number of fused-ring (bicyclic) bond motifs is 1. The van der Waals surface area contributed by atoms with E-state index in [1.165, 1.54) is 19.2 Å². The van der Waals surface area contributed by atoms with E-state index in [2.05, 4.69) is 15.0 Å². The molecule has 1 aromatic heterocycles. The molecule has 2 fully saturated rings. The van der Waals surface area contributed by atoms with Gasteiger partial charge in [-0.2, -0.15) is 0 Å². The lowest BCUT2D eigenvalue weighted by atomic mass is 9.95. The van der Waals surface area contributed by atoms with E-state index in [0.29, 0.717) is 17.5 Å². The summed E-state index contributed by atoms with van der Waals surface area (Å²) < 4.78 is 29.1. The number of sulfone groups is 1. The summed E-state index contributed by atoms with van der Waals surface area (Å²) in [6, 6.07) is 1.95. The molecule has 0 aromatic carbocycles. The number of nitrogens with two attached hydrogens (primary N) is 2. The van der Waals surface area contributed by atoms with Gasteiger partial charge < -0.3 is 31.2 Å². The minimum atomic E-state index is -4.13. The standard InChI is InChI=1S/C17H20N6O6S/c1-17(8-29-16(20)26)12(7-24)23-13(25)11(14(23)30(17,27)28)5-10-4-9(2-3-21-10)6-22-15(18)19/h2-5,7,12,14H,6,8H2,1H3,(H2,20,26)(H4,18,19,22)/b11-5-/t12-,14?,17?/m0/s1. The number of β-lactam (4-membered cyclic amide) rings is 1. The fraction of sp³-hybridized carbons (Fsp3) is 0.353. The van der Waals surface area contributed by atoms with Crippen LogP contribution in [0.25, 0.3) is 6.08 Å². The van der Waals surface area contributed by atoms with Crippen LogP contribution < -0.4 is 16.8 Å². The number of nitrogens with zero attached hydrogens (tertiary/aromatic N) is 2. The molecular weight excluding hydrogens is 416 g/mol. The molecule has 2 aliphatic rings. The number of aromatic nitrogens is 1. The zero-order valence-electron chi connectivity index (χ0n) is 15.9. The van der Waals surface area contributed by atoms with Crippen LogP contribution in [0.3, 0.4) is 0 Å². The highest BCUT2D eigenvalue weighted by molar-refractivity contribution is 7.94. The van der Waals surface area contributed by atoms with Crippen molar-refractivity contribution < 1.29 is 27.5 Å². The van der Waals surface area contributed by atoms with E-state index in [-0.39, 0.29) is 18.1 Å². The van der Waals surface area contributed by atoms with E-state index < -0.39 is 44.6 Å². The molecule has 160 valence electrons. The van der Waals surface area contributed by atoms with E-state index in [1.54, 1.807) is 12.1 Å². The number of carbonyl (C=O) groups is 3. The van der Waals surface area contributed by atoms with E-state index in [4.69, 9.17) is 16.9 Å². The lowest BCUT2D eigenvalue weighted by molar-refractivity contribution is -0.139. The van der Waals surface area contributed by atoms with Crippen molar-refractivity contribution >= 4 is 40.2 Å². The Labute approximate surface area is 171 Å². The summed E-state index contributed by atoms with van der Waals surface area (Å²) in [7, 11) is -4.13. The zero-order valence-corrected chi connectivity index (χ0v) is 16.7. The second kappa shape index (κ2) is 7.40. The average molecular weight is 436 g/mol. The minimum Gasteiger partial charge on any atom is -0.448 e. The topological polar surface area (TPSA) is 199 Å². The predicted molar refractivity (Wildman–Crippen MR) is 104 cm³/mol. The Hall–Kier alpha value is -3.48. The molecule has 0 bridgehead atoms. The third kappa shape index (κ3) is 3.26. The summed E-state index contributed by atoms with van der Waals surface area (Å²) in [5.41, 5.74) is 11.2. The molecule has 30 heavy (non-hydrogen) atoms. The Morgan fingerprint density at radius 1 is 1.47 bits per heavy atom. The van der Waals surface area contributed by atoms with Crippen LogP contribution in [0, 0.1) is 5.41 Å². The number of hydrogen-bond donors (Lipinski definition) is 4. The fourth-order valence-corrected chi connectivity index (χ4v) is 5.78. The number of primary amides is 1. The number of guanidine groups is 1. The number of hydrogen-bond acceptors (Lipinski definition) is 8. The van der Waals surface area contributed by atoms with Crippen molar-refractivity contribution in [1.29, 1.82) is 5.41 Å². The maximum Gasteiger partial charge on any atom is 0.404 e. The monoisotopic (exact) mass is 436 g/mol. The van der Waals surface area contributed by atoms with E-state index in [0.717, 1.165) is 4.90 Å². The molecule has 6 N–H and O–H groups in total. The number of pyridine rings is 1. The van der Waals surface area contributed by atoms with Gasteiger partial charge in [0, 0.05) is 12.7 Å². The van der Waals surface area contributed by atoms with Crippen LogP contribution >= 0.6 is 0 Å². The van der Waals surface area contributed by atoms with Gasteiger partial charge in [-0.3, -0.25) is 15.2 Å². The number of amides is 2. The molecule has 0 aliphatic carbocycles. The number of nitrogens with one attached hydrogen (secondary N) is 2. The van der Waals surface area contributed by atoms with E-state index >= 15 is 0 Å². The van der Waals surface area contributed by atoms with Gasteiger partial charge in [-0.25, -0.2) is 13.2 Å². The van der Waals surface area contributed by atoms with Gasteiger partial charge in [0.25, 0.3) is 5.91 Å². The molecule has 0 radical (unpaired) electrons. The van der Waals surface area contributed by atoms with Crippen molar-refractivity contribution in [2.75, 3.05) is 6.61 Å². The highest BCUT2D eigenvalue weighted by atomic mass is 32.2. The Morgan fingerprint density at radius 3 is 2.77 bits per heavy atom. The quantitative estimate of drug-likeness (QED) is 0.134. The average Bonchev–Trinajstić information content (AvgIpc) is 2.84. The van der Waals surface area contributed by atoms with Crippen LogP contribution in [0.2, 0.25) is 0 Å². The van der Waals surface area contributed by atoms with Crippen molar-refractivity contribution in [2.45, 2.75) is 29.6 Å². The second-order valence-electron chi connectivity index (χ2n) is 7.07. The van der Waals surface area contributed by atoms with Gasteiger partial charge in [0.05, 0.1) is 11.3 Å². The first-order chi connectivity index (χ1) is 14.0. The molecular formula is C17H20N6O6S. The summed E-state index contributed by atoms with van der Waals surface area (Å²) in [6.45, 7) is 0.817. The van der Waals surface area contributed by atoms with Gasteiger partial charge in [-0.15, -0.1) is 0 Å². The van der Waals surface area contributed by atoms with Gasteiger partial charge in [0.15, 0.2) is 21.2 Å². The number of carbonyl (C=O) groups excluding carboxylic acids is 3. The maximum atomic E-state index is 13.2. The molecule has 0 saturated carbocycles. The first-order valence-electron chi connectivity index (χ1n) is 8.71. The maximum absolute atomic E-state index is 13.2. The molecule has 3 rings (SSSR count). The third-order valence-electron chi connectivity index (χ3n) is 5.13. The molecule has 3 heterocycles. The first-order valence-corrected chi connectivity index (χ1v) is 10.3. The molecule has 3 atom stereocenters. The van der Waals surface area contributed by atoms with Crippen molar-refractivity contribution in [3.63, 3.8) is 0 Å². The number of aldehydes is 1. The van der Waals surface area contributed by atoms with Gasteiger partial charge >= 0.3 is 6.09 Å². The molecule has 2 saturated heterocycles. The van der Waals surface area contributed by atoms with Gasteiger partial charge in [0.2, 0.25) is 0 Å². The highest BCUT2D eigenvalue weighted by Crippen LogP contribution is 2.48. The summed E-state index contributed by atoms with van der Waals surface area (Å²) in [5, 5.41) is 8.46. The van der Waals surface area contributed by atoms with Crippen molar-refractivity contribution in [3.8, 4) is 0 Å². The summed E-state index contributed by atoms with van der Waals surface area (Å²) in [4.78, 5) is 40.3. The van der Waals surface area contributed by atoms with Gasteiger partial charge in [-0.05, 0) is 30.7 Å². The Kier molecular flexibility index (Phi) is 5.24. The van der Waals surface area contributed by atoms with Crippen LogP contribution in [0.4, 0.5) is 4.79 Å². The lowest BCUT2D eigenvalue weighted by Gasteiger charge is -2.37. The SMILES string of the molecule is CC1(COC(N)=O)[C@H](C=O)N2C(=O)/C(=C/c3cc(CNC(=N)N)ccn3)C2S1(=O)=O. The van der Waals surface area contributed by atoms with Gasteiger partial charge in [-0.1, -0.05) is 0 Å². The summed E-state index contributed by atoms with van der Waals surface area (Å²) in [5.74, 6) is -0.844. The van der Waals surface area contributed by atoms with Crippen molar-refractivity contribution in [1.82, 2.24) is 15.2 Å². The Bertz CT molecular complexity index is 1070. The normalized spacial score (nSPS) is 27.8. The molecule has 2 amide bonds. The molecule has 0 spiro atoms. The smallest absolute Gasteiger partial charge is 0.404 e. The minimum absolute atomic E-state index is 0.0474. The fourth-order valence-electron chi connectivity index (χ4n) is 3.52. The Balaban J connectivity index is 1.95. The van der Waals surface area contributed by atoms with Crippen LogP contribution in [0.1, 0.15) is 18.2 Å². The highest BCUT2D eigenvalue weighted by Gasteiger charge is 2.70. The van der Waals surface area contributed by atoms with E-state index in [9.17, 15) is 22.8 Å². The number of rotatable bonds is 6. The number of ether oxygens (including phenoxy) is 1. The first kappa shape index (κ1) is 21.2. The van der Waals surface area contributed by atoms with Crippen LogP contribution in [0.5, 0.6) is 0 Å². The lowest BCUT2D eigenvalue weighted by Crippen LogP contribution is -2.57. The summed E-state index contributed by atoms with van der Waals surface area (Å²) >= 11 is 0. The largest absolute Gasteiger partial charge is 0.448 e. The second-order valence-corrected chi connectivity index (χ2v) is 9.54. The van der Waals surface area contributed by atoms with Crippen LogP contribution in [-0.2, 0) is 30.7 Å². The van der Waals surface area contributed by atoms with Gasteiger partial charge in [0.1, 0.15) is 23.7 Å².